The lowest BCUT2D eigenvalue weighted by atomic mass is 10.3. The second-order valence-electron chi connectivity index (χ2n) is 3.18. The van der Waals surface area contributed by atoms with Gasteiger partial charge in [0.15, 0.2) is 0 Å². The van der Waals surface area contributed by atoms with Crippen molar-refractivity contribution in [1.29, 1.82) is 0 Å². The molecule has 0 aliphatic rings. The first-order chi connectivity index (χ1) is 7.65. The molecule has 1 aromatic rings. The number of imidazole rings is 1. The smallest absolute Gasteiger partial charge is 0.390 e. The topological polar surface area (TPSA) is 93.2 Å². The summed E-state index contributed by atoms with van der Waals surface area (Å²) in [4.78, 5) is 13.6. The number of nitrogens with one attached hydrogen (secondary N) is 1. The molecule has 1 atom stereocenters. The Morgan fingerprint density at radius 3 is 3.00 bits per heavy atom. The first-order valence-corrected chi connectivity index (χ1v) is 5.87. The molecule has 0 saturated carbocycles. The number of hydrogen-bond donors (Lipinski definition) is 2. The molecule has 0 aromatic carbocycles. The summed E-state index contributed by atoms with van der Waals surface area (Å²) in [5.74, 6) is -0.250. The zero-order chi connectivity index (χ0) is 12.0. The van der Waals surface area contributed by atoms with Crippen LogP contribution in [0.2, 0.25) is 0 Å². The van der Waals surface area contributed by atoms with E-state index in [-0.39, 0.29) is 29.5 Å². The van der Waals surface area contributed by atoms with E-state index in [1.807, 2.05) is 0 Å². The van der Waals surface area contributed by atoms with Crippen LogP contribution < -0.4 is 5.32 Å². The number of hydrogen-bond acceptors (Lipinski definition) is 5. The summed E-state index contributed by atoms with van der Waals surface area (Å²) < 4.78 is 1.32. The number of aromatic nitrogens is 2. The Bertz CT molecular complexity index is 347. The van der Waals surface area contributed by atoms with Crippen LogP contribution in [0.15, 0.2) is 12.4 Å². The first-order valence-electron chi connectivity index (χ1n) is 4.75. The largest absolute Gasteiger partial charge is 0.434 e. The highest BCUT2D eigenvalue weighted by Crippen LogP contribution is 2.07. The third kappa shape index (κ3) is 5.57. The Kier molecular flexibility index (Phi) is 8.30. The van der Waals surface area contributed by atoms with Gasteiger partial charge in [-0.1, -0.05) is 20.9 Å². The summed E-state index contributed by atoms with van der Waals surface area (Å²) in [6, 6.07) is 0. The van der Waals surface area contributed by atoms with Crippen LogP contribution in [0.4, 0.5) is 5.95 Å². The molecule has 0 radical (unpaired) electrons. The quantitative estimate of drug-likeness (QED) is 0.318. The molecule has 1 rings (SSSR count). The Labute approximate surface area is 117 Å². The maximum Gasteiger partial charge on any atom is 0.434 e. The van der Waals surface area contributed by atoms with Gasteiger partial charge in [-0.05, 0) is 4.92 Å². The molecule has 7 nitrogen and oxygen atoms in total. The molecule has 1 heterocycles. The molecule has 0 spiro atoms. The highest BCUT2D eigenvalue weighted by molar-refractivity contribution is 9.09. The average molecular weight is 374 g/mol. The maximum atomic E-state index is 10.5. The summed E-state index contributed by atoms with van der Waals surface area (Å²) in [5, 5.41) is 23.9. The Morgan fingerprint density at radius 1 is 1.71 bits per heavy atom. The molecule has 0 fully saturated rings. The standard InChI is InChI=1S/C8H13BrN4O3.BrH/c9-1-2-10-5-7(14)6-12-4-3-11-8(12)13(15)16;/h3-4,7,10,14H,1-2,5-6H2;1H. The van der Waals surface area contributed by atoms with Crippen LogP contribution in [0, 0.1) is 10.1 Å². The van der Waals surface area contributed by atoms with Gasteiger partial charge in [0.2, 0.25) is 0 Å². The number of rotatable bonds is 7. The monoisotopic (exact) mass is 372 g/mol. The predicted molar refractivity (Wildman–Crippen MR) is 71.9 cm³/mol. The van der Waals surface area contributed by atoms with E-state index in [9.17, 15) is 15.2 Å². The molecule has 0 bridgehead atoms. The molecule has 2 N–H and O–H groups in total. The van der Waals surface area contributed by atoms with E-state index in [2.05, 4.69) is 26.2 Å². The molecule has 1 aromatic heterocycles. The van der Waals surface area contributed by atoms with Gasteiger partial charge in [0, 0.05) is 18.4 Å². The van der Waals surface area contributed by atoms with Gasteiger partial charge in [-0.25, -0.2) is 4.57 Å². The number of nitro groups is 1. The van der Waals surface area contributed by atoms with Crippen LogP contribution in [0.25, 0.3) is 0 Å². The molecule has 98 valence electrons. The Morgan fingerprint density at radius 2 is 2.41 bits per heavy atom. The number of aliphatic hydroxyl groups excluding tert-OH is 1. The SMILES string of the molecule is Br.O=[N+]([O-])c1nccn1CC(O)CNCCBr. The van der Waals surface area contributed by atoms with E-state index in [1.165, 1.54) is 17.0 Å². The van der Waals surface area contributed by atoms with Crippen molar-refractivity contribution in [3.63, 3.8) is 0 Å². The van der Waals surface area contributed by atoms with Gasteiger partial charge in [-0.15, -0.1) is 17.0 Å². The van der Waals surface area contributed by atoms with Crippen molar-refractivity contribution in [2.45, 2.75) is 12.6 Å². The molecule has 17 heavy (non-hydrogen) atoms. The minimum absolute atomic E-state index is 0. The third-order valence-electron chi connectivity index (χ3n) is 1.92. The lowest BCUT2D eigenvalue weighted by Crippen LogP contribution is -2.31. The first kappa shape index (κ1) is 16.5. The lowest BCUT2D eigenvalue weighted by molar-refractivity contribution is -0.397. The summed E-state index contributed by atoms with van der Waals surface area (Å²) in [6.07, 6.45) is 2.15. The van der Waals surface area contributed by atoms with Crippen molar-refractivity contribution in [2.75, 3.05) is 18.4 Å². The van der Waals surface area contributed by atoms with Gasteiger partial charge in [-0.2, -0.15) is 0 Å². The van der Waals surface area contributed by atoms with Crippen molar-refractivity contribution in [2.24, 2.45) is 0 Å². The lowest BCUT2D eigenvalue weighted by Gasteiger charge is -2.10. The highest BCUT2D eigenvalue weighted by Gasteiger charge is 2.16. The van der Waals surface area contributed by atoms with E-state index in [0.717, 1.165) is 11.9 Å². The van der Waals surface area contributed by atoms with E-state index in [1.54, 1.807) is 0 Å². The van der Waals surface area contributed by atoms with E-state index in [4.69, 9.17) is 0 Å². The van der Waals surface area contributed by atoms with Crippen molar-refractivity contribution < 1.29 is 10.0 Å². The van der Waals surface area contributed by atoms with Gasteiger partial charge < -0.3 is 20.5 Å². The van der Waals surface area contributed by atoms with Gasteiger partial charge in [-0.3, -0.25) is 0 Å². The van der Waals surface area contributed by atoms with Gasteiger partial charge in [0.1, 0.15) is 12.4 Å². The van der Waals surface area contributed by atoms with Crippen LogP contribution in [0.5, 0.6) is 0 Å². The molecule has 0 aliphatic carbocycles. The van der Waals surface area contributed by atoms with Crippen molar-refractivity contribution >= 4 is 38.9 Å². The fourth-order valence-corrected chi connectivity index (χ4v) is 1.52. The summed E-state index contributed by atoms with van der Waals surface area (Å²) in [6.45, 7) is 1.29. The van der Waals surface area contributed by atoms with E-state index >= 15 is 0 Å². The van der Waals surface area contributed by atoms with Crippen molar-refractivity contribution in [3.05, 3.63) is 22.5 Å². The van der Waals surface area contributed by atoms with Crippen LogP contribution in [-0.2, 0) is 6.54 Å². The zero-order valence-corrected chi connectivity index (χ0v) is 12.3. The average Bonchev–Trinajstić information content (AvgIpc) is 2.66. The van der Waals surface area contributed by atoms with Crippen molar-refractivity contribution in [1.82, 2.24) is 14.9 Å². The van der Waals surface area contributed by atoms with E-state index in [0.29, 0.717) is 6.54 Å². The number of alkyl halides is 1. The molecular weight excluding hydrogens is 360 g/mol. The number of nitrogens with zero attached hydrogens (tertiary/aromatic N) is 3. The molecule has 0 aliphatic heterocycles. The fourth-order valence-electron chi connectivity index (χ4n) is 1.24. The number of halogens is 2. The number of aliphatic hydroxyl groups is 1. The van der Waals surface area contributed by atoms with Crippen LogP contribution >= 0.6 is 32.9 Å². The van der Waals surface area contributed by atoms with Crippen molar-refractivity contribution in [3.8, 4) is 0 Å². The second-order valence-corrected chi connectivity index (χ2v) is 3.98. The summed E-state index contributed by atoms with van der Waals surface area (Å²) in [5.41, 5.74) is 0. The van der Waals surface area contributed by atoms with Gasteiger partial charge in [0.25, 0.3) is 0 Å². The maximum absolute atomic E-state index is 10.5. The summed E-state index contributed by atoms with van der Waals surface area (Å²) >= 11 is 3.24. The van der Waals surface area contributed by atoms with Gasteiger partial charge in [0.05, 0.1) is 12.6 Å². The zero-order valence-electron chi connectivity index (χ0n) is 8.95. The normalized spacial score (nSPS) is 11.9. The second kappa shape index (κ2) is 8.56. The highest BCUT2D eigenvalue weighted by atomic mass is 79.9. The minimum atomic E-state index is -0.674. The summed E-state index contributed by atoms with van der Waals surface area (Å²) in [7, 11) is 0. The van der Waals surface area contributed by atoms with Gasteiger partial charge >= 0.3 is 5.95 Å². The molecular formula is C8H14Br2N4O3. The fraction of sp³-hybridized carbons (Fsp3) is 0.625. The Hall–Kier alpha value is -0.510. The Balaban J connectivity index is 0.00000256. The van der Waals surface area contributed by atoms with Crippen LogP contribution in [0.1, 0.15) is 0 Å². The molecule has 1 unspecified atom stereocenters. The third-order valence-corrected chi connectivity index (χ3v) is 2.31. The predicted octanol–water partition coefficient (Wildman–Crippen LogP) is 0.715. The van der Waals surface area contributed by atoms with E-state index < -0.39 is 11.0 Å². The minimum Gasteiger partial charge on any atom is -0.390 e. The molecule has 9 heteroatoms. The molecule has 0 amide bonds. The van der Waals surface area contributed by atoms with Crippen LogP contribution in [0.3, 0.4) is 0 Å². The molecule has 0 saturated heterocycles. The van der Waals surface area contributed by atoms with Crippen LogP contribution in [-0.4, -0.2) is 44.1 Å².